The van der Waals surface area contributed by atoms with Crippen LogP contribution in [0.4, 0.5) is 0 Å². The lowest BCUT2D eigenvalue weighted by molar-refractivity contribution is -0.123. The van der Waals surface area contributed by atoms with Crippen molar-refractivity contribution in [2.45, 2.75) is 62.2 Å². The van der Waals surface area contributed by atoms with E-state index in [9.17, 15) is 0 Å². The standard InChI is InChI=1S/C19H22ClNO2/c20-16-4-1-3-15(13-16)5-6-17-14-19(23-21-17)10-8-18(9-11-19)7-2-12-22-18/h1,3-4,13,17,21H,2,7-12,14H2. The van der Waals surface area contributed by atoms with Gasteiger partial charge in [0.15, 0.2) is 0 Å². The normalized spacial score (nSPS) is 36.3. The average Bonchev–Trinajstić information content (AvgIpc) is 3.17. The average molecular weight is 332 g/mol. The highest BCUT2D eigenvalue weighted by atomic mass is 35.5. The molecule has 1 saturated carbocycles. The first kappa shape index (κ1) is 15.5. The second-order valence-electron chi connectivity index (χ2n) is 7.07. The number of benzene rings is 1. The fourth-order valence-corrected chi connectivity index (χ4v) is 4.28. The van der Waals surface area contributed by atoms with Crippen LogP contribution < -0.4 is 5.48 Å². The van der Waals surface area contributed by atoms with E-state index < -0.39 is 0 Å². The molecule has 3 fully saturated rings. The third kappa shape index (κ3) is 3.27. The summed E-state index contributed by atoms with van der Waals surface area (Å²) in [5.41, 5.74) is 4.18. The number of nitrogens with one attached hydrogen (secondary N) is 1. The lowest BCUT2D eigenvalue weighted by atomic mass is 9.73. The maximum atomic E-state index is 6.01. The Balaban J connectivity index is 1.38. The van der Waals surface area contributed by atoms with Crippen LogP contribution in [0, 0.1) is 11.8 Å². The van der Waals surface area contributed by atoms with E-state index in [1.54, 1.807) is 0 Å². The number of hydrogen-bond acceptors (Lipinski definition) is 3. The van der Waals surface area contributed by atoms with Gasteiger partial charge in [-0.25, -0.2) is 0 Å². The van der Waals surface area contributed by atoms with E-state index in [1.165, 1.54) is 12.8 Å². The monoisotopic (exact) mass is 331 g/mol. The molecule has 0 aromatic heterocycles. The zero-order valence-corrected chi connectivity index (χ0v) is 14.0. The first-order valence-electron chi connectivity index (χ1n) is 8.52. The topological polar surface area (TPSA) is 30.5 Å². The van der Waals surface area contributed by atoms with E-state index in [4.69, 9.17) is 21.2 Å². The molecule has 3 nitrogen and oxygen atoms in total. The first-order chi connectivity index (χ1) is 11.2. The van der Waals surface area contributed by atoms with Gasteiger partial charge in [0.1, 0.15) is 0 Å². The Morgan fingerprint density at radius 1 is 1.13 bits per heavy atom. The molecule has 23 heavy (non-hydrogen) atoms. The summed E-state index contributed by atoms with van der Waals surface area (Å²) >= 11 is 6.00. The molecule has 1 aromatic rings. The molecule has 2 saturated heterocycles. The molecule has 3 aliphatic rings. The van der Waals surface area contributed by atoms with E-state index >= 15 is 0 Å². The molecule has 1 N–H and O–H groups in total. The van der Waals surface area contributed by atoms with Gasteiger partial charge in [0, 0.05) is 23.6 Å². The number of halogens is 1. The summed E-state index contributed by atoms with van der Waals surface area (Å²) in [7, 11) is 0. The maximum Gasteiger partial charge on any atom is 0.0960 e. The fraction of sp³-hybridized carbons (Fsp3) is 0.579. The predicted molar refractivity (Wildman–Crippen MR) is 90.1 cm³/mol. The molecule has 4 heteroatoms. The zero-order valence-electron chi connectivity index (χ0n) is 13.2. The summed E-state index contributed by atoms with van der Waals surface area (Å²) in [5, 5.41) is 0.720. The van der Waals surface area contributed by atoms with E-state index in [0.29, 0.717) is 0 Å². The van der Waals surface area contributed by atoms with Gasteiger partial charge in [-0.15, -0.1) is 0 Å². The molecule has 2 spiro atoms. The van der Waals surface area contributed by atoms with Gasteiger partial charge in [-0.2, -0.15) is 5.48 Å². The summed E-state index contributed by atoms with van der Waals surface area (Å²) in [6, 6.07) is 7.75. The van der Waals surface area contributed by atoms with Gasteiger partial charge in [-0.05, 0) is 56.7 Å². The fourth-order valence-electron chi connectivity index (χ4n) is 4.09. The molecule has 1 unspecified atom stereocenters. The summed E-state index contributed by atoms with van der Waals surface area (Å²) in [6.45, 7) is 0.930. The molecule has 1 aliphatic carbocycles. The smallest absolute Gasteiger partial charge is 0.0960 e. The van der Waals surface area contributed by atoms with Gasteiger partial charge >= 0.3 is 0 Å². The van der Waals surface area contributed by atoms with Gasteiger partial charge in [-0.1, -0.05) is 29.5 Å². The number of hydroxylamine groups is 1. The first-order valence-corrected chi connectivity index (χ1v) is 8.90. The number of hydrogen-bond donors (Lipinski definition) is 1. The van der Waals surface area contributed by atoms with Crippen LogP contribution in [-0.2, 0) is 9.57 Å². The molecule has 4 rings (SSSR count). The summed E-state index contributed by atoms with van der Waals surface area (Å²) in [4.78, 5) is 5.97. The quantitative estimate of drug-likeness (QED) is 0.732. The lowest BCUT2D eigenvalue weighted by Gasteiger charge is -2.41. The Kier molecular flexibility index (Phi) is 4.11. The Labute approximate surface area is 142 Å². The minimum atomic E-state index is -0.0507. The highest BCUT2D eigenvalue weighted by Crippen LogP contribution is 2.47. The van der Waals surface area contributed by atoms with Crippen LogP contribution in [0.2, 0.25) is 5.02 Å². The summed E-state index contributed by atoms with van der Waals surface area (Å²) in [6.07, 6.45) is 7.74. The predicted octanol–water partition coefficient (Wildman–Crippen LogP) is 3.85. The molecule has 1 aromatic carbocycles. The van der Waals surface area contributed by atoms with Crippen LogP contribution in [0.1, 0.15) is 50.5 Å². The minimum absolute atomic E-state index is 0.0507. The third-order valence-electron chi connectivity index (χ3n) is 5.47. The van der Waals surface area contributed by atoms with Crippen LogP contribution >= 0.6 is 11.6 Å². The van der Waals surface area contributed by atoms with E-state index in [2.05, 4.69) is 17.3 Å². The molecule has 1 atom stereocenters. The van der Waals surface area contributed by atoms with Crippen molar-refractivity contribution in [3.8, 4) is 11.8 Å². The van der Waals surface area contributed by atoms with Gasteiger partial charge in [0.2, 0.25) is 0 Å². The van der Waals surface area contributed by atoms with Crippen molar-refractivity contribution < 1.29 is 9.57 Å². The second-order valence-corrected chi connectivity index (χ2v) is 7.51. The van der Waals surface area contributed by atoms with Crippen LogP contribution in [0.3, 0.4) is 0 Å². The van der Waals surface area contributed by atoms with Crippen LogP contribution in [0.5, 0.6) is 0 Å². The Bertz CT molecular complexity index is 632. The van der Waals surface area contributed by atoms with Gasteiger partial charge in [0.05, 0.1) is 17.2 Å². The highest BCUT2D eigenvalue weighted by molar-refractivity contribution is 6.30. The van der Waals surface area contributed by atoms with Crippen molar-refractivity contribution >= 4 is 11.6 Å². The minimum Gasteiger partial charge on any atom is -0.375 e. The Morgan fingerprint density at radius 2 is 1.96 bits per heavy atom. The van der Waals surface area contributed by atoms with E-state index in [-0.39, 0.29) is 17.2 Å². The molecule has 0 radical (unpaired) electrons. The van der Waals surface area contributed by atoms with Crippen molar-refractivity contribution in [2.75, 3.05) is 6.61 Å². The van der Waals surface area contributed by atoms with Gasteiger partial charge < -0.3 is 4.74 Å². The third-order valence-corrected chi connectivity index (χ3v) is 5.70. The highest BCUT2D eigenvalue weighted by Gasteiger charge is 2.49. The van der Waals surface area contributed by atoms with Crippen LogP contribution in [0.25, 0.3) is 0 Å². The van der Waals surface area contributed by atoms with Gasteiger partial charge in [-0.3, -0.25) is 4.84 Å². The Hall–Kier alpha value is -1.05. The SMILES string of the molecule is Clc1cccc(C#CC2CC3(CCC4(CCCO4)CC3)ON2)c1. The van der Waals surface area contributed by atoms with Crippen LogP contribution in [-0.4, -0.2) is 23.9 Å². The van der Waals surface area contributed by atoms with Gasteiger partial charge in [0.25, 0.3) is 0 Å². The number of ether oxygens (including phenoxy) is 1. The Morgan fingerprint density at radius 3 is 2.70 bits per heavy atom. The van der Waals surface area contributed by atoms with Crippen molar-refractivity contribution in [1.29, 1.82) is 0 Å². The lowest BCUT2D eigenvalue weighted by Crippen LogP contribution is -2.42. The van der Waals surface area contributed by atoms with Crippen molar-refractivity contribution in [3.05, 3.63) is 34.9 Å². The second kappa shape index (κ2) is 6.11. The zero-order chi connectivity index (χ0) is 15.8. The molecule has 122 valence electrons. The maximum absolute atomic E-state index is 6.01. The van der Waals surface area contributed by atoms with Crippen molar-refractivity contribution in [3.63, 3.8) is 0 Å². The van der Waals surface area contributed by atoms with Crippen LogP contribution in [0.15, 0.2) is 24.3 Å². The molecular formula is C19H22ClNO2. The molecule has 0 amide bonds. The molecule has 0 bridgehead atoms. The molecular weight excluding hydrogens is 310 g/mol. The van der Waals surface area contributed by atoms with E-state index in [0.717, 1.165) is 49.3 Å². The largest absolute Gasteiger partial charge is 0.375 e. The molecule has 2 heterocycles. The summed E-state index contributed by atoms with van der Waals surface area (Å²) < 4.78 is 6.01. The molecule has 2 aliphatic heterocycles. The van der Waals surface area contributed by atoms with Crippen molar-refractivity contribution in [2.24, 2.45) is 0 Å². The number of rotatable bonds is 0. The van der Waals surface area contributed by atoms with Crippen molar-refractivity contribution in [1.82, 2.24) is 5.48 Å². The van der Waals surface area contributed by atoms with E-state index in [1.807, 2.05) is 24.3 Å². The summed E-state index contributed by atoms with van der Waals surface area (Å²) in [5.74, 6) is 6.48.